The molecule has 1 aromatic rings. The standard InChI is InChI=1S/C14H25N3OS/c1-5-18-11-12(15)16-19-13(11)17-8-6-10(7-9-17)14(2,3)4/h10H,5-9H2,1-4H3,(H2,15,16). The van der Waals surface area contributed by atoms with Crippen LogP contribution in [0.3, 0.4) is 0 Å². The summed E-state index contributed by atoms with van der Waals surface area (Å²) in [4.78, 5) is 2.38. The Hall–Kier alpha value is -0.970. The van der Waals surface area contributed by atoms with Crippen LogP contribution in [-0.2, 0) is 0 Å². The molecule has 2 heterocycles. The van der Waals surface area contributed by atoms with Crippen molar-refractivity contribution >= 4 is 22.4 Å². The molecule has 5 heteroatoms. The van der Waals surface area contributed by atoms with Gasteiger partial charge in [0.1, 0.15) is 0 Å². The van der Waals surface area contributed by atoms with Crippen LogP contribution in [0.2, 0.25) is 0 Å². The Balaban J connectivity index is 2.06. The number of nitrogens with zero attached hydrogens (tertiary/aromatic N) is 2. The molecule has 19 heavy (non-hydrogen) atoms. The Kier molecular flexibility index (Phi) is 4.23. The maximum atomic E-state index is 5.88. The van der Waals surface area contributed by atoms with Gasteiger partial charge in [-0.2, -0.15) is 4.37 Å². The number of anilines is 2. The zero-order valence-corrected chi connectivity index (χ0v) is 13.2. The van der Waals surface area contributed by atoms with Crippen LogP contribution in [0.4, 0.5) is 10.8 Å². The fourth-order valence-corrected chi connectivity index (χ4v) is 3.53. The zero-order valence-electron chi connectivity index (χ0n) is 12.4. The zero-order chi connectivity index (χ0) is 14.0. The van der Waals surface area contributed by atoms with E-state index in [1.165, 1.54) is 24.4 Å². The van der Waals surface area contributed by atoms with Crippen molar-refractivity contribution in [1.29, 1.82) is 0 Å². The molecule has 1 aliphatic heterocycles. The first-order chi connectivity index (χ1) is 8.93. The topological polar surface area (TPSA) is 51.4 Å². The number of aromatic nitrogens is 1. The van der Waals surface area contributed by atoms with E-state index in [2.05, 4.69) is 30.0 Å². The third-order valence-corrected chi connectivity index (χ3v) is 4.86. The number of rotatable bonds is 3. The average molecular weight is 283 g/mol. The number of hydrogen-bond donors (Lipinski definition) is 1. The molecule has 1 aromatic heterocycles. The van der Waals surface area contributed by atoms with Crippen LogP contribution in [0.5, 0.6) is 5.75 Å². The highest BCUT2D eigenvalue weighted by atomic mass is 32.1. The van der Waals surface area contributed by atoms with Gasteiger partial charge in [-0.15, -0.1) is 0 Å². The molecule has 0 amide bonds. The summed E-state index contributed by atoms with van der Waals surface area (Å²) in [5, 5.41) is 1.10. The summed E-state index contributed by atoms with van der Waals surface area (Å²) in [6.45, 7) is 11.8. The number of nitrogen functional groups attached to an aromatic ring is 1. The minimum atomic E-state index is 0.404. The quantitative estimate of drug-likeness (QED) is 0.924. The molecule has 1 saturated heterocycles. The van der Waals surface area contributed by atoms with Crippen LogP contribution in [0, 0.1) is 11.3 Å². The molecule has 108 valence electrons. The normalized spacial score (nSPS) is 17.8. The van der Waals surface area contributed by atoms with E-state index < -0.39 is 0 Å². The van der Waals surface area contributed by atoms with Gasteiger partial charge < -0.3 is 15.4 Å². The molecule has 2 rings (SSSR count). The van der Waals surface area contributed by atoms with Gasteiger partial charge in [-0.3, -0.25) is 0 Å². The maximum Gasteiger partial charge on any atom is 0.197 e. The molecule has 2 N–H and O–H groups in total. The molecule has 1 aliphatic rings. The van der Waals surface area contributed by atoms with Gasteiger partial charge in [0, 0.05) is 13.1 Å². The van der Waals surface area contributed by atoms with Crippen molar-refractivity contribution in [1.82, 2.24) is 4.37 Å². The van der Waals surface area contributed by atoms with Crippen molar-refractivity contribution in [2.24, 2.45) is 11.3 Å². The third kappa shape index (κ3) is 3.14. The van der Waals surface area contributed by atoms with Gasteiger partial charge in [0.05, 0.1) is 6.61 Å². The summed E-state index contributed by atoms with van der Waals surface area (Å²) in [6, 6.07) is 0. The molecule has 0 spiro atoms. The minimum absolute atomic E-state index is 0.404. The lowest BCUT2D eigenvalue weighted by Crippen LogP contribution is -2.37. The number of hydrogen-bond acceptors (Lipinski definition) is 5. The van der Waals surface area contributed by atoms with Gasteiger partial charge in [0.25, 0.3) is 0 Å². The Morgan fingerprint density at radius 3 is 2.53 bits per heavy atom. The van der Waals surface area contributed by atoms with Gasteiger partial charge in [-0.25, -0.2) is 0 Å². The van der Waals surface area contributed by atoms with Crippen LogP contribution >= 0.6 is 11.5 Å². The molecule has 0 radical (unpaired) electrons. The molecule has 0 aromatic carbocycles. The van der Waals surface area contributed by atoms with Crippen LogP contribution in [0.15, 0.2) is 0 Å². The van der Waals surface area contributed by atoms with Crippen LogP contribution in [0.1, 0.15) is 40.5 Å². The molecular formula is C14H25N3OS. The van der Waals surface area contributed by atoms with Gasteiger partial charge >= 0.3 is 0 Å². The second-order valence-electron chi connectivity index (χ2n) is 6.26. The van der Waals surface area contributed by atoms with E-state index in [4.69, 9.17) is 10.5 Å². The second-order valence-corrected chi connectivity index (χ2v) is 7.01. The van der Waals surface area contributed by atoms with E-state index in [1.54, 1.807) is 0 Å². The smallest absolute Gasteiger partial charge is 0.197 e. The fourth-order valence-electron chi connectivity index (χ4n) is 2.71. The van der Waals surface area contributed by atoms with E-state index in [-0.39, 0.29) is 0 Å². The highest BCUT2D eigenvalue weighted by molar-refractivity contribution is 7.11. The molecule has 1 fully saturated rings. The predicted octanol–water partition coefficient (Wildman–Crippen LogP) is 3.39. The summed E-state index contributed by atoms with van der Waals surface area (Å²) >= 11 is 1.46. The van der Waals surface area contributed by atoms with E-state index in [9.17, 15) is 0 Å². The van der Waals surface area contributed by atoms with Crippen molar-refractivity contribution in [3.8, 4) is 5.75 Å². The first-order valence-corrected chi connectivity index (χ1v) is 7.83. The van der Waals surface area contributed by atoms with Crippen molar-refractivity contribution in [3.05, 3.63) is 0 Å². The Morgan fingerprint density at radius 2 is 2.00 bits per heavy atom. The van der Waals surface area contributed by atoms with E-state index in [1.807, 2.05) is 6.92 Å². The first-order valence-electron chi connectivity index (χ1n) is 7.06. The van der Waals surface area contributed by atoms with E-state index in [0.717, 1.165) is 29.8 Å². The van der Waals surface area contributed by atoms with Crippen molar-refractivity contribution in [2.75, 3.05) is 30.3 Å². The lowest BCUT2D eigenvalue weighted by atomic mass is 9.75. The molecule has 4 nitrogen and oxygen atoms in total. The third-order valence-electron chi connectivity index (χ3n) is 3.95. The fraction of sp³-hybridized carbons (Fsp3) is 0.786. The lowest BCUT2D eigenvalue weighted by Gasteiger charge is -2.39. The maximum absolute atomic E-state index is 5.88. The van der Waals surface area contributed by atoms with Crippen LogP contribution < -0.4 is 15.4 Å². The summed E-state index contributed by atoms with van der Waals surface area (Å²) < 4.78 is 9.87. The number of nitrogens with two attached hydrogens (primary N) is 1. The highest BCUT2D eigenvalue weighted by Crippen LogP contribution is 2.42. The van der Waals surface area contributed by atoms with Gasteiger partial charge in [-0.1, -0.05) is 20.8 Å². The van der Waals surface area contributed by atoms with Crippen LogP contribution in [0.25, 0.3) is 0 Å². The van der Waals surface area contributed by atoms with Crippen molar-refractivity contribution < 1.29 is 4.74 Å². The monoisotopic (exact) mass is 283 g/mol. The molecule has 0 atom stereocenters. The van der Waals surface area contributed by atoms with Gasteiger partial charge in [0.2, 0.25) is 0 Å². The Bertz CT molecular complexity index is 417. The SMILES string of the molecule is CCOc1c(N)nsc1N1CCC(C(C)(C)C)CC1. The Labute approximate surface area is 120 Å². The van der Waals surface area contributed by atoms with Crippen LogP contribution in [-0.4, -0.2) is 24.1 Å². The van der Waals surface area contributed by atoms with Crippen molar-refractivity contribution in [2.45, 2.75) is 40.5 Å². The summed E-state index contributed by atoms with van der Waals surface area (Å²) in [7, 11) is 0. The molecule has 0 aliphatic carbocycles. The van der Waals surface area contributed by atoms with E-state index in [0.29, 0.717) is 17.8 Å². The van der Waals surface area contributed by atoms with E-state index >= 15 is 0 Å². The molecule has 0 bridgehead atoms. The van der Waals surface area contributed by atoms with Gasteiger partial charge in [-0.05, 0) is 42.6 Å². The largest absolute Gasteiger partial charge is 0.487 e. The highest BCUT2D eigenvalue weighted by Gasteiger charge is 2.30. The molecule has 0 unspecified atom stereocenters. The molecular weight excluding hydrogens is 258 g/mol. The summed E-state index contributed by atoms with van der Waals surface area (Å²) in [5.74, 6) is 2.10. The second kappa shape index (κ2) is 5.57. The lowest BCUT2D eigenvalue weighted by molar-refractivity contribution is 0.199. The van der Waals surface area contributed by atoms with Crippen molar-refractivity contribution in [3.63, 3.8) is 0 Å². The average Bonchev–Trinajstić information content (AvgIpc) is 2.71. The van der Waals surface area contributed by atoms with Gasteiger partial charge in [0.15, 0.2) is 16.6 Å². The molecule has 0 saturated carbocycles. The number of ether oxygens (including phenoxy) is 1. The number of piperidine rings is 1. The minimum Gasteiger partial charge on any atom is -0.487 e. The predicted molar refractivity (Wildman–Crippen MR) is 82.1 cm³/mol. The summed E-state index contributed by atoms with van der Waals surface area (Å²) in [5.41, 5.74) is 6.28. The Morgan fingerprint density at radius 1 is 1.37 bits per heavy atom. The summed E-state index contributed by atoms with van der Waals surface area (Å²) in [6.07, 6.45) is 2.46. The first kappa shape index (κ1) is 14.4.